The third-order valence-corrected chi connectivity index (χ3v) is 3.38. The second-order valence-corrected chi connectivity index (χ2v) is 5.36. The fraction of sp³-hybridized carbons (Fsp3) is 0.538. The molecule has 1 saturated heterocycles. The van der Waals surface area contributed by atoms with E-state index >= 15 is 0 Å². The Morgan fingerprint density at radius 2 is 2.32 bits per heavy atom. The van der Waals surface area contributed by atoms with Crippen molar-refractivity contribution >= 4 is 23.3 Å². The molecule has 0 bridgehead atoms. The molecule has 0 unspecified atom stereocenters. The fourth-order valence-corrected chi connectivity index (χ4v) is 2.30. The molecule has 1 aliphatic rings. The van der Waals surface area contributed by atoms with Crippen molar-refractivity contribution in [2.75, 3.05) is 20.7 Å². The molecule has 3 heterocycles. The van der Waals surface area contributed by atoms with Crippen molar-refractivity contribution in [2.24, 2.45) is 4.99 Å². The summed E-state index contributed by atoms with van der Waals surface area (Å²) in [6, 6.07) is 0. The van der Waals surface area contributed by atoms with Gasteiger partial charge in [-0.2, -0.15) is 10.1 Å². The quantitative estimate of drug-likeness (QED) is 0.589. The molecule has 1 fully saturated rings. The molecule has 0 radical (unpaired) electrons. The summed E-state index contributed by atoms with van der Waals surface area (Å²) in [6.07, 6.45) is 3.45. The van der Waals surface area contributed by atoms with Crippen LogP contribution in [-0.2, 0) is 4.74 Å². The Bertz CT molecular complexity index is 685. The number of aliphatic hydroxyl groups excluding tert-OH is 2. The van der Waals surface area contributed by atoms with Gasteiger partial charge in [-0.1, -0.05) is 0 Å². The summed E-state index contributed by atoms with van der Waals surface area (Å²) in [5.74, 6) is 0.320. The lowest BCUT2D eigenvalue weighted by Crippen LogP contribution is -2.24. The molecule has 9 heteroatoms. The van der Waals surface area contributed by atoms with Crippen LogP contribution in [0.15, 0.2) is 17.4 Å². The molecule has 1 aliphatic heterocycles. The first kappa shape index (κ1) is 14.8. The summed E-state index contributed by atoms with van der Waals surface area (Å²) in [5, 5.41) is 24.0. The summed E-state index contributed by atoms with van der Waals surface area (Å²) in [5.41, 5.74) is 0.580. The number of aliphatic imine (C=N–C) groups is 1. The van der Waals surface area contributed by atoms with Gasteiger partial charge in [-0.3, -0.25) is 0 Å². The van der Waals surface area contributed by atoms with Crippen molar-refractivity contribution in [1.29, 1.82) is 0 Å². The Labute approximate surface area is 126 Å². The van der Waals surface area contributed by atoms with Crippen molar-refractivity contribution in [3.63, 3.8) is 0 Å². The van der Waals surface area contributed by atoms with E-state index in [-0.39, 0.29) is 6.61 Å². The molecule has 3 atom stereocenters. The first-order chi connectivity index (χ1) is 10.6. The summed E-state index contributed by atoms with van der Waals surface area (Å²) < 4.78 is 7.19. The SMILES string of the molecule is CN(C)/C=N/c1ncc2cnn([C@H]3C[C@H](O)[C@@H](CO)O3)c2n1. The second-order valence-electron chi connectivity index (χ2n) is 5.36. The molecule has 2 aromatic heterocycles. The highest BCUT2D eigenvalue weighted by Crippen LogP contribution is 2.30. The van der Waals surface area contributed by atoms with E-state index in [0.29, 0.717) is 18.0 Å². The van der Waals surface area contributed by atoms with E-state index in [0.717, 1.165) is 5.39 Å². The van der Waals surface area contributed by atoms with E-state index in [2.05, 4.69) is 20.1 Å². The molecule has 2 N–H and O–H groups in total. The van der Waals surface area contributed by atoms with E-state index in [1.165, 1.54) is 0 Å². The van der Waals surface area contributed by atoms with Gasteiger partial charge in [0.25, 0.3) is 5.95 Å². The van der Waals surface area contributed by atoms with Gasteiger partial charge in [-0.15, -0.1) is 0 Å². The molecule has 3 rings (SSSR count). The van der Waals surface area contributed by atoms with E-state index in [1.807, 2.05) is 14.1 Å². The van der Waals surface area contributed by atoms with Gasteiger partial charge < -0.3 is 19.8 Å². The van der Waals surface area contributed by atoms with E-state index in [1.54, 1.807) is 28.3 Å². The molecule has 2 aromatic rings. The molecule has 9 nitrogen and oxygen atoms in total. The van der Waals surface area contributed by atoms with Crippen LogP contribution in [0, 0.1) is 0 Å². The second kappa shape index (κ2) is 5.95. The van der Waals surface area contributed by atoms with Crippen LogP contribution in [0.25, 0.3) is 11.0 Å². The summed E-state index contributed by atoms with van der Waals surface area (Å²) in [4.78, 5) is 14.5. The Hall–Kier alpha value is -2.10. The smallest absolute Gasteiger partial charge is 0.252 e. The fourth-order valence-electron chi connectivity index (χ4n) is 2.30. The lowest BCUT2D eigenvalue weighted by atomic mass is 10.2. The molecule has 0 aromatic carbocycles. The molecule has 0 spiro atoms. The van der Waals surface area contributed by atoms with Crippen LogP contribution in [-0.4, -0.2) is 74.1 Å². The molecular weight excluding hydrogens is 288 g/mol. The van der Waals surface area contributed by atoms with Crippen LogP contribution in [0.4, 0.5) is 5.95 Å². The third kappa shape index (κ3) is 2.78. The lowest BCUT2D eigenvalue weighted by Gasteiger charge is -2.12. The average Bonchev–Trinajstić information content (AvgIpc) is 3.07. The van der Waals surface area contributed by atoms with Crippen LogP contribution in [0.1, 0.15) is 12.6 Å². The highest BCUT2D eigenvalue weighted by atomic mass is 16.5. The number of aliphatic hydroxyl groups is 2. The summed E-state index contributed by atoms with van der Waals surface area (Å²) in [6.45, 7) is -0.232. The minimum absolute atomic E-state index is 0.232. The van der Waals surface area contributed by atoms with Crippen LogP contribution < -0.4 is 0 Å². The van der Waals surface area contributed by atoms with Gasteiger partial charge in [-0.25, -0.2) is 14.7 Å². The minimum Gasteiger partial charge on any atom is -0.394 e. The van der Waals surface area contributed by atoms with Crippen molar-refractivity contribution in [1.82, 2.24) is 24.6 Å². The van der Waals surface area contributed by atoms with Crippen LogP contribution >= 0.6 is 0 Å². The normalized spacial score (nSPS) is 25.4. The molecule has 22 heavy (non-hydrogen) atoms. The number of hydrogen-bond donors (Lipinski definition) is 2. The Kier molecular flexibility index (Phi) is 4.01. The molecule has 118 valence electrons. The van der Waals surface area contributed by atoms with Crippen LogP contribution in [0.2, 0.25) is 0 Å². The third-order valence-electron chi connectivity index (χ3n) is 3.38. The number of ether oxygens (including phenoxy) is 1. The zero-order chi connectivity index (χ0) is 15.7. The molecule has 0 saturated carbocycles. The zero-order valence-corrected chi connectivity index (χ0v) is 12.4. The maximum absolute atomic E-state index is 9.84. The lowest BCUT2D eigenvalue weighted by molar-refractivity contribution is -0.0470. The predicted molar refractivity (Wildman–Crippen MR) is 78.8 cm³/mol. The van der Waals surface area contributed by atoms with Gasteiger partial charge in [0.15, 0.2) is 11.9 Å². The van der Waals surface area contributed by atoms with Gasteiger partial charge in [0, 0.05) is 26.7 Å². The number of fused-ring (bicyclic) bond motifs is 1. The molecule has 0 aliphatic carbocycles. The largest absolute Gasteiger partial charge is 0.394 e. The summed E-state index contributed by atoms with van der Waals surface area (Å²) in [7, 11) is 3.71. The highest BCUT2D eigenvalue weighted by Gasteiger charge is 2.35. The Morgan fingerprint density at radius 3 is 3.00 bits per heavy atom. The van der Waals surface area contributed by atoms with E-state index in [9.17, 15) is 5.11 Å². The molecule has 0 amide bonds. The van der Waals surface area contributed by atoms with Gasteiger partial charge in [-0.05, 0) is 0 Å². The number of hydrogen-bond acceptors (Lipinski definition) is 7. The van der Waals surface area contributed by atoms with Gasteiger partial charge in [0.1, 0.15) is 6.10 Å². The predicted octanol–water partition coefficient (Wildman–Crippen LogP) is -0.312. The first-order valence-corrected chi connectivity index (χ1v) is 6.93. The monoisotopic (exact) mass is 306 g/mol. The van der Waals surface area contributed by atoms with Gasteiger partial charge >= 0.3 is 0 Å². The van der Waals surface area contributed by atoms with Gasteiger partial charge in [0.05, 0.1) is 30.6 Å². The standard InChI is InChI=1S/C13H18N6O3/c1-18(2)7-15-13-14-4-8-5-16-19(12(8)17-13)11-3-9(21)10(6-20)22-11/h4-5,7,9-11,20-21H,3,6H2,1-2H3/b15-7+/t9-,10+,11+/m0/s1. The van der Waals surface area contributed by atoms with Crippen molar-refractivity contribution in [3.8, 4) is 0 Å². The van der Waals surface area contributed by atoms with Gasteiger partial charge in [0.2, 0.25) is 0 Å². The van der Waals surface area contributed by atoms with Crippen molar-refractivity contribution in [2.45, 2.75) is 24.9 Å². The van der Waals surface area contributed by atoms with Crippen molar-refractivity contribution < 1.29 is 14.9 Å². The van der Waals surface area contributed by atoms with Crippen molar-refractivity contribution in [3.05, 3.63) is 12.4 Å². The topological polar surface area (TPSA) is 109 Å². The number of rotatable bonds is 4. The first-order valence-electron chi connectivity index (χ1n) is 6.93. The van der Waals surface area contributed by atoms with E-state index < -0.39 is 18.4 Å². The zero-order valence-electron chi connectivity index (χ0n) is 12.4. The van der Waals surface area contributed by atoms with E-state index in [4.69, 9.17) is 9.84 Å². The Balaban J connectivity index is 1.92. The Morgan fingerprint density at radius 1 is 1.50 bits per heavy atom. The summed E-state index contributed by atoms with van der Waals surface area (Å²) >= 11 is 0. The highest BCUT2D eigenvalue weighted by molar-refractivity contribution is 5.74. The maximum atomic E-state index is 9.84. The minimum atomic E-state index is -0.720. The van der Waals surface area contributed by atoms with Crippen LogP contribution in [0.3, 0.4) is 0 Å². The molecular formula is C13H18N6O3. The van der Waals surface area contributed by atoms with Crippen LogP contribution in [0.5, 0.6) is 0 Å². The maximum Gasteiger partial charge on any atom is 0.252 e. The number of nitrogens with zero attached hydrogens (tertiary/aromatic N) is 6. The number of aromatic nitrogens is 4. The average molecular weight is 306 g/mol.